The van der Waals surface area contributed by atoms with Crippen LogP contribution in [-0.4, -0.2) is 61.7 Å². The number of hydrogen-bond donors (Lipinski definition) is 1. The van der Waals surface area contributed by atoms with Gasteiger partial charge in [-0.25, -0.2) is 14.6 Å². The van der Waals surface area contributed by atoms with Gasteiger partial charge >= 0.3 is 0 Å². The topological polar surface area (TPSA) is 82.9 Å². The van der Waals surface area contributed by atoms with Crippen LogP contribution in [0.2, 0.25) is 0 Å². The van der Waals surface area contributed by atoms with Gasteiger partial charge in [-0.05, 0) is 65.4 Å². The quantitative estimate of drug-likeness (QED) is 0.413. The average Bonchev–Trinajstić information content (AvgIpc) is 3.44. The van der Waals surface area contributed by atoms with Gasteiger partial charge in [0.2, 0.25) is 5.91 Å². The summed E-state index contributed by atoms with van der Waals surface area (Å²) in [5.41, 5.74) is 3.90. The van der Waals surface area contributed by atoms with E-state index in [9.17, 15) is 4.79 Å². The van der Waals surface area contributed by atoms with E-state index in [1.165, 1.54) is 14.8 Å². The molecule has 0 aliphatic carbocycles. The lowest BCUT2D eigenvalue weighted by molar-refractivity contribution is -0.132. The first kappa shape index (κ1) is 20.0. The molecule has 0 unspecified atom stereocenters. The molecule has 4 heterocycles. The lowest BCUT2D eigenvalue weighted by Crippen LogP contribution is -2.49. The molecule has 1 aliphatic heterocycles. The number of H-pyrrole nitrogens is 1. The van der Waals surface area contributed by atoms with Crippen LogP contribution in [0.3, 0.4) is 0 Å². The number of hydrogen-bond acceptors (Lipinski definition) is 5. The predicted molar refractivity (Wildman–Crippen MR) is 128 cm³/mol. The molecule has 0 spiro atoms. The number of pyridine rings is 1. The van der Waals surface area contributed by atoms with Gasteiger partial charge in [-0.15, -0.1) is 0 Å². The Bertz CT molecular complexity index is 1230. The summed E-state index contributed by atoms with van der Waals surface area (Å²) in [4.78, 5) is 29.1. The highest BCUT2D eigenvalue weighted by molar-refractivity contribution is 14.1. The van der Waals surface area contributed by atoms with Gasteiger partial charge in [0.05, 0.1) is 5.39 Å². The molecule has 1 aromatic carbocycles. The highest BCUT2D eigenvalue weighted by Crippen LogP contribution is 2.25. The minimum atomic E-state index is 0.0551. The monoisotopic (exact) mass is 527 g/mol. The number of benzene rings is 1. The lowest BCUT2D eigenvalue weighted by atomic mass is 10.2. The first-order valence-corrected chi connectivity index (χ1v) is 11.3. The number of anilines is 1. The Labute approximate surface area is 193 Å². The number of nitrogens with one attached hydrogen (secondary N) is 1. The molecule has 1 saturated heterocycles. The van der Waals surface area contributed by atoms with Crippen molar-refractivity contribution in [2.45, 2.75) is 13.5 Å². The minimum Gasteiger partial charge on any atom is -0.368 e. The second-order valence-corrected chi connectivity index (χ2v) is 8.78. The highest BCUT2D eigenvalue weighted by Gasteiger charge is 2.23. The van der Waals surface area contributed by atoms with E-state index in [2.05, 4.69) is 72.7 Å². The van der Waals surface area contributed by atoms with E-state index in [4.69, 9.17) is 0 Å². The average molecular weight is 527 g/mol. The number of carbonyl (C=O) groups is 1. The summed E-state index contributed by atoms with van der Waals surface area (Å²) in [6.45, 7) is 5.33. The fourth-order valence-corrected chi connectivity index (χ4v) is 4.29. The summed E-state index contributed by atoms with van der Waals surface area (Å²) in [5.74, 6) is 0.727. The third kappa shape index (κ3) is 3.89. The van der Waals surface area contributed by atoms with Crippen molar-refractivity contribution in [3.8, 4) is 11.5 Å². The molecule has 0 saturated carbocycles. The van der Waals surface area contributed by atoms with Crippen molar-refractivity contribution in [3.63, 3.8) is 0 Å². The first-order valence-electron chi connectivity index (χ1n) is 10.2. The summed E-state index contributed by atoms with van der Waals surface area (Å²) in [6.07, 6.45) is 5.17. The Morgan fingerprint density at radius 2 is 1.97 bits per heavy atom. The Balaban J connectivity index is 1.30. The molecule has 1 N–H and O–H groups in total. The third-order valence-corrected chi connectivity index (χ3v) is 6.86. The molecule has 0 atom stereocenters. The van der Waals surface area contributed by atoms with E-state index in [0.29, 0.717) is 30.3 Å². The van der Waals surface area contributed by atoms with Crippen molar-refractivity contribution in [2.24, 2.45) is 0 Å². The number of imidazole rings is 1. The van der Waals surface area contributed by atoms with Gasteiger partial charge in [0, 0.05) is 54.0 Å². The van der Waals surface area contributed by atoms with Crippen molar-refractivity contribution >= 4 is 45.2 Å². The largest absolute Gasteiger partial charge is 0.368 e. The van der Waals surface area contributed by atoms with Crippen LogP contribution in [0.25, 0.3) is 22.6 Å². The van der Waals surface area contributed by atoms with Crippen LogP contribution in [0.4, 0.5) is 5.69 Å². The molecule has 1 amide bonds. The second-order valence-electron chi connectivity index (χ2n) is 7.62. The van der Waals surface area contributed by atoms with Crippen molar-refractivity contribution in [1.82, 2.24) is 29.6 Å². The maximum absolute atomic E-state index is 13.0. The number of rotatable bonds is 4. The van der Waals surface area contributed by atoms with Crippen molar-refractivity contribution in [3.05, 3.63) is 58.1 Å². The molecule has 4 aromatic rings. The van der Waals surface area contributed by atoms with E-state index in [-0.39, 0.29) is 12.5 Å². The summed E-state index contributed by atoms with van der Waals surface area (Å²) in [6, 6.07) is 10.3. The van der Waals surface area contributed by atoms with Gasteiger partial charge in [0.15, 0.2) is 11.5 Å². The van der Waals surface area contributed by atoms with E-state index >= 15 is 0 Å². The van der Waals surface area contributed by atoms with Crippen molar-refractivity contribution < 1.29 is 4.79 Å². The summed E-state index contributed by atoms with van der Waals surface area (Å²) in [7, 11) is 0. The van der Waals surface area contributed by atoms with E-state index < -0.39 is 0 Å². The standard InChI is InChI=1S/C22H22IN7O/c1-15-13-16(4-5-18(15)23)28-9-11-29(12-10-28)19(31)14-30-22-17(3-2-6-26-22)20(27-30)21-24-7-8-25-21/h2-8,13H,9-12,14H2,1H3,(H,24,25). The fraction of sp³-hybridized carbons (Fsp3) is 0.273. The Kier molecular flexibility index (Phi) is 5.34. The van der Waals surface area contributed by atoms with Crippen LogP contribution in [0.5, 0.6) is 0 Å². The molecule has 1 aliphatic rings. The van der Waals surface area contributed by atoms with Gasteiger partial charge in [-0.2, -0.15) is 5.10 Å². The zero-order valence-electron chi connectivity index (χ0n) is 17.1. The third-order valence-electron chi connectivity index (χ3n) is 5.65. The summed E-state index contributed by atoms with van der Waals surface area (Å²) >= 11 is 2.35. The lowest BCUT2D eigenvalue weighted by Gasteiger charge is -2.36. The van der Waals surface area contributed by atoms with Gasteiger partial charge in [-0.3, -0.25) is 4.79 Å². The number of halogens is 1. The molecule has 158 valence electrons. The number of aryl methyl sites for hydroxylation is 1. The highest BCUT2D eigenvalue weighted by atomic mass is 127. The van der Waals surface area contributed by atoms with Crippen LogP contribution < -0.4 is 4.90 Å². The molecular formula is C22H22IN7O. The van der Waals surface area contributed by atoms with E-state index in [0.717, 1.165) is 18.5 Å². The number of aromatic amines is 1. The Morgan fingerprint density at radius 1 is 1.13 bits per heavy atom. The van der Waals surface area contributed by atoms with Crippen molar-refractivity contribution in [2.75, 3.05) is 31.1 Å². The first-order chi connectivity index (χ1) is 15.1. The molecule has 3 aromatic heterocycles. The van der Waals surface area contributed by atoms with Gasteiger partial charge in [0.25, 0.3) is 0 Å². The molecule has 5 rings (SSSR count). The maximum Gasteiger partial charge on any atom is 0.244 e. The molecule has 0 bridgehead atoms. The zero-order valence-corrected chi connectivity index (χ0v) is 19.3. The molecular weight excluding hydrogens is 505 g/mol. The number of carbonyl (C=O) groups excluding carboxylic acids is 1. The van der Waals surface area contributed by atoms with E-state index in [1.807, 2.05) is 17.0 Å². The zero-order chi connectivity index (χ0) is 21.4. The summed E-state index contributed by atoms with van der Waals surface area (Å²) in [5, 5.41) is 5.53. The Hall–Kier alpha value is -2.95. The number of nitrogens with zero attached hydrogens (tertiary/aromatic N) is 6. The second kappa shape index (κ2) is 8.29. The van der Waals surface area contributed by atoms with Crippen molar-refractivity contribution in [1.29, 1.82) is 0 Å². The normalized spacial score (nSPS) is 14.4. The predicted octanol–water partition coefficient (Wildman–Crippen LogP) is 3.08. The van der Waals surface area contributed by atoms with Crippen LogP contribution in [0.15, 0.2) is 48.9 Å². The van der Waals surface area contributed by atoms with Gasteiger partial charge in [0.1, 0.15) is 12.2 Å². The van der Waals surface area contributed by atoms with Crippen LogP contribution in [-0.2, 0) is 11.3 Å². The molecule has 9 heteroatoms. The van der Waals surface area contributed by atoms with Gasteiger partial charge in [-0.1, -0.05) is 0 Å². The maximum atomic E-state index is 13.0. The van der Waals surface area contributed by atoms with Crippen LogP contribution in [0, 0.1) is 10.5 Å². The summed E-state index contributed by atoms with van der Waals surface area (Å²) < 4.78 is 2.95. The van der Waals surface area contributed by atoms with Crippen LogP contribution >= 0.6 is 22.6 Å². The molecule has 1 fully saturated rings. The van der Waals surface area contributed by atoms with Crippen LogP contribution in [0.1, 0.15) is 5.56 Å². The number of amides is 1. The minimum absolute atomic E-state index is 0.0551. The molecule has 8 nitrogen and oxygen atoms in total. The Morgan fingerprint density at radius 3 is 2.71 bits per heavy atom. The number of fused-ring (bicyclic) bond motifs is 1. The smallest absolute Gasteiger partial charge is 0.244 e. The van der Waals surface area contributed by atoms with Gasteiger partial charge < -0.3 is 14.8 Å². The number of aromatic nitrogens is 5. The SMILES string of the molecule is Cc1cc(N2CCN(C(=O)Cn3nc(-c4ncc[nH]4)c4cccnc43)CC2)ccc1I. The molecule has 0 radical (unpaired) electrons. The number of piperazine rings is 1. The fourth-order valence-electron chi connectivity index (χ4n) is 3.96. The molecule has 31 heavy (non-hydrogen) atoms. The van der Waals surface area contributed by atoms with E-state index in [1.54, 1.807) is 23.3 Å².